The summed E-state index contributed by atoms with van der Waals surface area (Å²) < 4.78 is 27.7. The molecule has 7 atom stereocenters. The number of sulfonamides is 1. The summed E-state index contributed by atoms with van der Waals surface area (Å²) in [5, 5.41) is 34.2. The highest BCUT2D eigenvalue weighted by molar-refractivity contribution is 7.89. The number of Topliss-reactive ketones (excluding diaryl/α,β-unsaturated/α-hetero) is 3. The van der Waals surface area contributed by atoms with Crippen LogP contribution in [-0.2, 0) is 30.8 Å². The molecule has 250 valence electrons. The second kappa shape index (κ2) is 12.1. The van der Waals surface area contributed by atoms with Gasteiger partial charge in [-0.05, 0) is 63.5 Å². The Morgan fingerprint density at radius 1 is 1.11 bits per heavy atom. The summed E-state index contributed by atoms with van der Waals surface area (Å²) in [5.74, 6) is -4.70. The highest BCUT2D eigenvalue weighted by Gasteiger charge is 2.69. The van der Waals surface area contributed by atoms with E-state index in [1.54, 1.807) is 51.3 Å². The lowest BCUT2D eigenvalue weighted by molar-refractivity contribution is -0.190. The fourth-order valence-electron chi connectivity index (χ4n) is 7.44. The Morgan fingerprint density at radius 3 is 2.32 bits per heavy atom. The number of aliphatic hydroxyl groups excluding tert-OH is 1. The summed E-state index contributed by atoms with van der Waals surface area (Å²) in [6.45, 7) is 1.52. The zero-order chi connectivity index (χ0) is 34.7. The van der Waals surface area contributed by atoms with E-state index in [9.17, 15) is 42.9 Å². The van der Waals surface area contributed by atoms with Crippen molar-refractivity contribution in [1.82, 2.24) is 9.62 Å². The summed E-state index contributed by atoms with van der Waals surface area (Å²) in [5.41, 5.74) is 4.35. The molecule has 3 aliphatic rings. The highest BCUT2D eigenvalue weighted by Crippen LogP contribution is 2.52. The van der Waals surface area contributed by atoms with Gasteiger partial charge in [-0.1, -0.05) is 29.5 Å². The standard InChI is InChI=1S/C33H38N4O9S/c1-16-8-10-19(11-9-16)47(45,46)35-12-6-7-17-15-22(36(2)3)20-13-18-14-21-26(37(4)5)29(40)25(32(34)43)31(42)33(21,44)30(41)23(18)28(39)24(20)27(17)38/h8-11,15,18,21,23,25-26,29,35,38,40,44H,12-14H2,1-5H3,(H2,34,43)/t18-,21-,23?,25?,26-,29?,33-/m1/s1. The van der Waals surface area contributed by atoms with Crippen molar-refractivity contribution in [1.29, 1.82) is 0 Å². The normalized spacial score (nSPS) is 28.6. The van der Waals surface area contributed by atoms with E-state index in [0.29, 0.717) is 11.3 Å². The van der Waals surface area contributed by atoms with Crippen LogP contribution in [0.4, 0.5) is 5.69 Å². The number of phenols is 1. The number of anilines is 1. The van der Waals surface area contributed by atoms with E-state index < -0.39 is 80.4 Å². The second-order valence-corrected chi connectivity index (χ2v) is 14.7. The van der Waals surface area contributed by atoms with Gasteiger partial charge < -0.3 is 30.9 Å². The molecular formula is C33H38N4O9S. The first-order valence-corrected chi connectivity index (χ1v) is 16.5. The highest BCUT2D eigenvalue weighted by atomic mass is 32.2. The number of rotatable bonds is 6. The van der Waals surface area contributed by atoms with Crippen molar-refractivity contribution in [3.8, 4) is 17.6 Å². The molecule has 2 saturated carbocycles. The molecule has 6 N–H and O–H groups in total. The van der Waals surface area contributed by atoms with Gasteiger partial charge in [0.2, 0.25) is 15.9 Å². The number of likely N-dealkylation sites (N-methyl/N-ethyl adjacent to an activating group) is 1. The first kappa shape index (κ1) is 34.2. The lowest BCUT2D eigenvalue weighted by atomic mass is 9.52. The van der Waals surface area contributed by atoms with E-state index in [-0.39, 0.29) is 35.4 Å². The SMILES string of the molecule is Cc1ccc(S(=O)(=O)NCC#Cc2cc(N(C)C)c3c(c2O)C(=O)C2C(=O)[C@@]4(O)C(=O)C(C(N)=O)C(O)[C@H](N(C)C)[C@H]4C[C@H]2C3)cc1. The molecule has 1 amide bonds. The molecular weight excluding hydrogens is 628 g/mol. The van der Waals surface area contributed by atoms with E-state index in [1.165, 1.54) is 17.0 Å². The molecule has 0 spiro atoms. The average molecular weight is 667 g/mol. The lowest BCUT2D eigenvalue weighted by Gasteiger charge is -2.55. The molecule has 0 saturated heterocycles. The minimum atomic E-state index is -3.86. The van der Waals surface area contributed by atoms with Crippen molar-refractivity contribution in [2.75, 3.05) is 39.6 Å². The Morgan fingerprint density at radius 2 is 1.74 bits per heavy atom. The van der Waals surface area contributed by atoms with Crippen LogP contribution in [0, 0.1) is 42.4 Å². The molecule has 5 rings (SSSR count). The number of hydrogen-bond donors (Lipinski definition) is 5. The molecule has 0 heterocycles. The van der Waals surface area contributed by atoms with Gasteiger partial charge in [0.25, 0.3) is 0 Å². The lowest BCUT2D eigenvalue weighted by Crippen LogP contribution is -2.75. The Bertz CT molecular complexity index is 1850. The zero-order valence-electron chi connectivity index (χ0n) is 26.6. The number of benzene rings is 2. The summed E-state index contributed by atoms with van der Waals surface area (Å²) in [7, 11) is 2.75. The molecule has 13 nitrogen and oxygen atoms in total. The van der Waals surface area contributed by atoms with E-state index >= 15 is 0 Å². The maximum absolute atomic E-state index is 14.2. The van der Waals surface area contributed by atoms with Gasteiger partial charge in [0, 0.05) is 31.7 Å². The van der Waals surface area contributed by atoms with Crippen LogP contribution >= 0.6 is 0 Å². The summed E-state index contributed by atoms with van der Waals surface area (Å²) in [4.78, 5) is 57.4. The number of aryl methyl sites for hydroxylation is 1. The molecule has 2 aromatic rings. The van der Waals surface area contributed by atoms with Gasteiger partial charge >= 0.3 is 0 Å². The third-order valence-electron chi connectivity index (χ3n) is 9.65. The smallest absolute Gasteiger partial charge is 0.241 e. The molecule has 47 heavy (non-hydrogen) atoms. The van der Waals surface area contributed by atoms with E-state index in [0.717, 1.165) is 5.56 Å². The largest absolute Gasteiger partial charge is 0.506 e. The predicted octanol–water partition coefficient (Wildman–Crippen LogP) is -0.637. The van der Waals surface area contributed by atoms with Crippen LogP contribution in [-0.4, -0.2) is 104 Å². The van der Waals surface area contributed by atoms with Crippen molar-refractivity contribution in [3.63, 3.8) is 0 Å². The molecule has 14 heteroatoms. The van der Waals surface area contributed by atoms with Crippen molar-refractivity contribution in [2.45, 2.75) is 42.4 Å². The van der Waals surface area contributed by atoms with Crippen LogP contribution in [0.25, 0.3) is 0 Å². The van der Waals surface area contributed by atoms with Crippen molar-refractivity contribution >= 4 is 39.0 Å². The summed E-state index contributed by atoms with van der Waals surface area (Å²) in [6, 6.07) is 6.82. The Labute approximate surface area is 272 Å². The van der Waals surface area contributed by atoms with Crippen molar-refractivity contribution in [3.05, 3.63) is 52.6 Å². The van der Waals surface area contributed by atoms with Crippen LogP contribution in [0.15, 0.2) is 35.2 Å². The van der Waals surface area contributed by atoms with Crippen LogP contribution in [0.1, 0.15) is 33.5 Å². The van der Waals surface area contributed by atoms with Crippen LogP contribution in [0.3, 0.4) is 0 Å². The number of fused-ring (bicyclic) bond motifs is 3. The number of nitrogens with one attached hydrogen (secondary N) is 1. The number of phenolic OH excluding ortho intramolecular Hbond substituents is 1. The molecule has 3 aliphatic carbocycles. The van der Waals surface area contributed by atoms with Gasteiger partial charge in [-0.25, -0.2) is 8.42 Å². The third kappa shape index (κ3) is 5.51. The van der Waals surface area contributed by atoms with Crippen LogP contribution < -0.4 is 15.4 Å². The molecule has 2 aromatic carbocycles. The zero-order valence-corrected chi connectivity index (χ0v) is 27.5. The van der Waals surface area contributed by atoms with Crippen molar-refractivity contribution in [2.24, 2.45) is 29.4 Å². The van der Waals surface area contributed by atoms with Crippen LogP contribution in [0.5, 0.6) is 5.75 Å². The van der Waals surface area contributed by atoms with E-state index in [4.69, 9.17) is 5.73 Å². The minimum absolute atomic E-state index is 0.00644. The van der Waals surface area contributed by atoms with E-state index in [2.05, 4.69) is 16.6 Å². The fourth-order valence-corrected chi connectivity index (χ4v) is 8.36. The molecule has 0 radical (unpaired) electrons. The van der Waals surface area contributed by atoms with Gasteiger partial charge in [0.05, 0.1) is 34.6 Å². The van der Waals surface area contributed by atoms with Crippen molar-refractivity contribution < 1.29 is 42.9 Å². The number of carbonyl (C=O) groups excluding carboxylic acids is 4. The quantitative estimate of drug-likeness (QED) is 0.194. The maximum atomic E-state index is 14.2. The minimum Gasteiger partial charge on any atom is -0.506 e. The Balaban J connectivity index is 1.52. The number of nitrogens with zero attached hydrogens (tertiary/aromatic N) is 2. The number of carbonyl (C=O) groups is 4. The number of ketones is 3. The number of aliphatic hydroxyl groups is 2. The third-order valence-corrected chi connectivity index (χ3v) is 11.1. The first-order valence-electron chi connectivity index (χ1n) is 15.0. The number of primary amides is 1. The Hall–Kier alpha value is -4.13. The summed E-state index contributed by atoms with van der Waals surface area (Å²) in [6.07, 6.45) is -1.47. The number of amides is 1. The number of nitrogens with two attached hydrogens (primary N) is 1. The monoisotopic (exact) mass is 666 g/mol. The van der Waals surface area contributed by atoms with Gasteiger partial charge in [-0.15, -0.1) is 0 Å². The molecule has 3 unspecified atom stereocenters. The van der Waals surface area contributed by atoms with Gasteiger partial charge in [0.15, 0.2) is 23.0 Å². The molecule has 0 aliphatic heterocycles. The Kier molecular flexibility index (Phi) is 8.84. The molecule has 2 fully saturated rings. The summed E-state index contributed by atoms with van der Waals surface area (Å²) >= 11 is 0. The molecule has 0 bridgehead atoms. The fraction of sp³-hybridized carbons (Fsp3) is 0.455. The van der Waals surface area contributed by atoms with Gasteiger partial charge in [-0.2, -0.15) is 4.72 Å². The first-order chi connectivity index (χ1) is 21.9. The van der Waals surface area contributed by atoms with E-state index in [1.807, 2.05) is 6.92 Å². The average Bonchev–Trinajstić information content (AvgIpc) is 2.97. The maximum Gasteiger partial charge on any atom is 0.241 e. The number of hydrogen-bond acceptors (Lipinski definition) is 11. The second-order valence-electron chi connectivity index (χ2n) is 12.9. The van der Waals surface area contributed by atoms with Gasteiger partial charge in [0.1, 0.15) is 11.7 Å². The van der Waals surface area contributed by atoms with Crippen LogP contribution in [0.2, 0.25) is 0 Å². The number of aromatic hydroxyl groups is 1. The topological polar surface area (TPSA) is 208 Å². The van der Waals surface area contributed by atoms with Gasteiger partial charge in [-0.3, -0.25) is 19.2 Å². The molecule has 0 aromatic heterocycles. The predicted molar refractivity (Wildman–Crippen MR) is 170 cm³/mol.